The van der Waals surface area contributed by atoms with Crippen molar-refractivity contribution in [2.24, 2.45) is 11.7 Å². The number of piperazine rings is 1. The zero-order valence-corrected chi connectivity index (χ0v) is 17.5. The van der Waals surface area contributed by atoms with Gasteiger partial charge in [-0.3, -0.25) is 4.90 Å². The van der Waals surface area contributed by atoms with Crippen molar-refractivity contribution in [2.75, 3.05) is 43.4 Å². The molecule has 0 amide bonds. The van der Waals surface area contributed by atoms with Crippen LogP contribution in [-0.2, 0) is 0 Å². The molecule has 0 radical (unpaired) electrons. The van der Waals surface area contributed by atoms with Gasteiger partial charge >= 0.3 is 6.18 Å². The lowest BCUT2D eigenvalue weighted by molar-refractivity contribution is -0.160. The molecule has 0 saturated carbocycles. The molecule has 0 spiro atoms. The minimum absolute atomic E-state index is 0.0233. The molecule has 1 aromatic heterocycles. The van der Waals surface area contributed by atoms with Crippen molar-refractivity contribution in [1.29, 1.82) is 0 Å². The second-order valence-corrected chi connectivity index (χ2v) is 8.30. The van der Waals surface area contributed by atoms with Crippen LogP contribution in [0.4, 0.5) is 24.8 Å². The van der Waals surface area contributed by atoms with Gasteiger partial charge in [-0.2, -0.15) is 13.2 Å². The molecule has 2 aliphatic carbocycles. The predicted molar refractivity (Wildman–Crippen MR) is 116 cm³/mol. The third-order valence-corrected chi connectivity index (χ3v) is 6.43. The number of hydrogen-bond acceptors (Lipinski definition) is 6. The van der Waals surface area contributed by atoms with E-state index in [4.69, 9.17) is 11.5 Å². The Kier molecular flexibility index (Phi) is 6.34. The first-order valence-electron chi connectivity index (χ1n) is 10.8. The molecule has 9 heteroatoms. The topological polar surface area (TPSA) is 84.3 Å². The monoisotopic (exact) mass is 434 g/mol. The number of aromatic nitrogens is 2. The van der Waals surface area contributed by atoms with Crippen LogP contribution in [0.5, 0.6) is 0 Å². The van der Waals surface area contributed by atoms with E-state index in [1.54, 1.807) is 12.2 Å². The molecule has 2 atom stereocenters. The second-order valence-electron chi connectivity index (χ2n) is 8.30. The third kappa shape index (κ3) is 4.62. The zero-order chi connectivity index (χ0) is 22.0. The van der Waals surface area contributed by atoms with Gasteiger partial charge in [0.25, 0.3) is 0 Å². The lowest BCUT2D eigenvalue weighted by Gasteiger charge is -2.41. The van der Waals surface area contributed by atoms with Crippen LogP contribution in [0.3, 0.4) is 0 Å². The maximum Gasteiger partial charge on any atom is 0.395 e. The first-order valence-corrected chi connectivity index (χ1v) is 10.8. The van der Waals surface area contributed by atoms with Crippen LogP contribution in [0.25, 0.3) is 5.57 Å². The quantitative estimate of drug-likeness (QED) is 0.741. The number of rotatable bonds is 5. The van der Waals surface area contributed by atoms with Crippen molar-refractivity contribution < 1.29 is 13.2 Å². The lowest BCUT2D eigenvalue weighted by atomic mass is 9.92. The van der Waals surface area contributed by atoms with Gasteiger partial charge in [0, 0.05) is 38.8 Å². The van der Waals surface area contributed by atoms with Gasteiger partial charge in [0.15, 0.2) is 0 Å². The van der Waals surface area contributed by atoms with Crippen LogP contribution < -0.4 is 16.4 Å². The number of anilines is 2. The van der Waals surface area contributed by atoms with E-state index in [0.29, 0.717) is 12.4 Å². The summed E-state index contributed by atoms with van der Waals surface area (Å²) in [5.74, 6) is -0.0235. The van der Waals surface area contributed by atoms with Gasteiger partial charge in [-0.25, -0.2) is 9.97 Å². The van der Waals surface area contributed by atoms with Crippen molar-refractivity contribution in [3.8, 4) is 0 Å². The van der Waals surface area contributed by atoms with Gasteiger partial charge in [-0.15, -0.1) is 0 Å². The van der Waals surface area contributed by atoms with Crippen LogP contribution in [0.2, 0.25) is 0 Å². The average molecular weight is 435 g/mol. The van der Waals surface area contributed by atoms with E-state index in [0.717, 1.165) is 62.4 Å². The normalized spacial score (nSPS) is 23.6. The van der Waals surface area contributed by atoms with Crippen LogP contribution in [0.1, 0.15) is 31.2 Å². The Morgan fingerprint density at radius 1 is 1.13 bits per heavy atom. The average Bonchev–Trinajstić information content (AvgIpc) is 3.29. The molecular formula is C22H29F3N6. The third-order valence-electron chi connectivity index (χ3n) is 6.43. The van der Waals surface area contributed by atoms with Crippen molar-refractivity contribution in [2.45, 2.75) is 37.9 Å². The Balaban J connectivity index is 1.44. The maximum absolute atomic E-state index is 12.9. The van der Waals surface area contributed by atoms with Crippen molar-refractivity contribution in [3.63, 3.8) is 0 Å². The van der Waals surface area contributed by atoms with E-state index in [-0.39, 0.29) is 12.5 Å². The molecule has 6 nitrogen and oxygen atoms in total. The van der Waals surface area contributed by atoms with E-state index in [9.17, 15) is 13.2 Å². The summed E-state index contributed by atoms with van der Waals surface area (Å²) in [6.45, 7) is 3.35. The largest absolute Gasteiger partial charge is 0.395 e. The minimum atomic E-state index is -4.20. The molecule has 3 aliphatic rings. The Bertz CT molecular complexity index is 884. The van der Waals surface area contributed by atoms with Crippen molar-refractivity contribution in [1.82, 2.24) is 14.9 Å². The second kappa shape index (κ2) is 9.00. The van der Waals surface area contributed by atoms with Crippen molar-refractivity contribution in [3.05, 3.63) is 41.8 Å². The summed E-state index contributed by atoms with van der Waals surface area (Å²) in [6.07, 6.45) is 7.21. The van der Waals surface area contributed by atoms with Crippen LogP contribution in [-0.4, -0.2) is 59.8 Å². The molecule has 1 saturated heterocycles. The fourth-order valence-electron chi connectivity index (χ4n) is 4.70. The van der Waals surface area contributed by atoms with E-state index in [1.807, 2.05) is 0 Å². The van der Waals surface area contributed by atoms with Crippen LogP contribution >= 0.6 is 0 Å². The SMILES string of the molecule is NC[C@H](C1=CCC(C(F)(F)F)C=C1)N1CCN(c2ncnc(N)c2C2=CCCC2)CC1. The fraction of sp³-hybridized carbons (Fsp3) is 0.545. The van der Waals surface area contributed by atoms with E-state index < -0.39 is 12.1 Å². The number of hydrogen-bond donors (Lipinski definition) is 2. The summed E-state index contributed by atoms with van der Waals surface area (Å²) in [7, 11) is 0. The van der Waals surface area contributed by atoms with Gasteiger partial charge in [0.05, 0.1) is 11.5 Å². The number of alkyl halides is 3. The first kappa shape index (κ1) is 21.8. The summed E-state index contributed by atoms with van der Waals surface area (Å²) >= 11 is 0. The zero-order valence-electron chi connectivity index (χ0n) is 17.5. The number of allylic oxidation sites excluding steroid dienone is 4. The van der Waals surface area contributed by atoms with Gasteiger partial charge in [0.2, 0.25) is 0 Å². The number of nitrogens with two attached hydrogens (primary N) is 2. The molecule has 1 unspecified atom stereocenters. The number of nitrogen functional groups attached to an aromatic ring is 1. The Hall–Kier alpha value is -2.39. The van der Waals surface area contributed by atoms with Gasteiger partial charge in [-0.1, -0.05) is 24.3 Å². The Morgan fingerprint density at radius 2 is 1.90 bits per heavy atom. The number of halogens is 3. The smallest absolute Gasteiger partial charge is 0.383 e. The van der Waals surface area contributed by atoms with Gasteiger partial charge in [-0.05, 0) is 36.8 Å². The fourth-order valence-corrected chi connectivity index (χ4v) is 4.70. The highest BCUT2D eigenvalue weighted by Crippen LogP contribution is 2.37. The highest BCUT2D eigenvalue weighted by molar-refractivity contribution is 5.82. The molecule has 4 rings (SSSR count). The molecule has 168 valence electrons. The highest BCUT2D eigenvalue weighted by atomic mass is 19.4. The van der Waals surface area contributed by atoms with E-state index in [1.165, 1.54) is 18.0 Å². The van der Waals surface area contributed by atoms with E-state index >= 15 is 0 Å². The van der Waals surface area contributed by atoms with Gasteiger partial charge < -0.3 is 16.4 Å². The highest BCUT2D eigenvalue weighted by Gasteiger charge is 2.38. The van der Waals surface area contributed by atoms with Gasteiger partial charge in [0.1, 0.15) is 18.0 Å². The molecule has 0 bridgehead atoms. The summed E-state index contributed by atoms with van der Waals surface area (Å²) in [5.41, 5.74) is 15.3. The van der Waals surface area contributed by atoms with Crippen LogP contribution in [0, 0.1) is 5.92 Å². The molecule has 1 aromatic rings. The molecule has 1 aliphatic heterocycles. The molecule has 31 heavy (non-hydrogen) atoms. The molecule has 0 aromatic carbocycles. The summed E-state index contributed by atoms with van der Waals surface area (Å²) < 4.78 is 38.8. The van der Waals surface area contributed by atoms with E-state index in [2.05, 4.69) is 25.8 Å². The number of nitrogens with zero attached hydrogens (tertiary/aromatic N) is 4. The summed E-state index contributed by atoms with van der Waals surface area (Å²) in [4.78, 5) is 13.2. The first-order chi connectivity index (χ1) is 14.9. The summed E-state index contributed by atoms with van der Waals surface area (Å²) in [6, 6.07) is -0.0833. The Morgan fingerprint density at radius 3 is 2.48 bits per heavy atom. The predicted octanol–water partition coefficient (Wildman–Crippen LogP) is 3.14. The molecule has 4 N–H and O–H groups in total. The van der Waals surface area contributed by atoms with Crippen LogP contribution in [0.15, 0.2) is 36.2 Å². The molecule has 1 fully saturated rings. The minimum Gasteiger partial charge on any atom is -0.383 e. The summed E-state index contributed by atoms with van der Waals surface area (Å²) in [5, 5.41) is 0. The standard InChI is InChI=1S/C22H29F3N6/c23-22(24,25)17-7-5-15(6-8-17)18(13-26)30-9-11-31(12-10-30)21-19(16-3-1-2-4-16)20(27)28-14-29-21/h3,5-7,14,17-18H,1-2,4,8-13,26H2,(H2,27,28,29)/t17?,18-/m1/s1. The molecular weight excluding hydrogens is 405 g/mol. The maximum atomic E-state index is 12.9. The lowest BCUT2D eigenvalue weighted by Crippen LogP contribution is -2.53. The Labute approximate surface area is 180 Å². The molecule has 2 heterocycles. The van der Waals surface area contributed by atoms with Crippen molar-refractivity contribution >= 4 is 17.2 Å².